The molecule has 0 radical (unpaired) electrons. The van der Waals surface area contributed by atoms with Crippen LogP contribution in [0.3, 0.4) is 0 Å². The molecule has 0 saturated heterocycles. The summed E-state index contributed by atoms with van der Waals surface area (Å²) < 4.78 is 0. The Balaban J connectivity index is 2.43. The monoisotopic (exact) mass is 300 g/mol. The quantitative estimate of drug-likeness (QED) is 0.717. The van der Waals surface area contributed by atoms with Gasteiger partial charge in [0.25, 0.3) is 0 Å². The Labute approximate surface area is 134 Å². The molecule has 0 aromatic carbocycles. The summed E-state index contributed by atoms with van der Waals surface area (Å²) in [6.45, 7) is 10.0. The minimum absolute atomic E-state index is 0.152. The molecule has 2 unspecified atom stereocenters. The fourth-order valence-electron chi connectivity index (χ4n) is 3.57. The van der Waals surface area contributed by atoms with Crippen molar-refractivity contribution in [2.24, 2.45) is 11.8 Å². The first-order valence-corrected chi connectivity index (χ1v) is 8.24. The van der Waals surface area contributed by atoms with Gasteiger partial charge in [-0.1, -0.05) is 37.3 Å². The summed E-state index contributed by atoms with van der Waals surface area (Å²) in [6.07, 6.45) is 14.0. The van der Waals surface area contributed by atoms with Crippen molar-refractivity contribution in [1.29, 1.82) is 0 Å². The van der Waals surface area contributed by atoms with Gasteiger partial charge in [-0.25, -0.2) is 0 Å². The molecule has 0 saturated carbocycles. The Kier molecular flexibility index (Phi) is 5.12. The van der Waals surface area contributed by atoms with Crippen molar-refractivity contribution in [3.63, 3.8) is 0 Å². The number of rotatable bonds is 4. The van der Waals surface area contributed by atoms with E-state index < -0.39 is 5.60 Å². The lowest BCUT2D eigenvalue weighted by Crippen LogP contribution is -2.44. The summed E-state index contributed by atoms with van der Waals surface area (Å²) in [6, 6.07) is 0. The zero-order valence-electron chi connectivity index (χ0n) is 14.0. The molecule has 0 bridgehead atoms. The van der Waals surface area contributed by atoms with Gasteiger partial charge >= 0.3 is 0 Å². The molecule has 2 N–H and O–H groups in total. The molecule has 0 aromatic heterocycles. The van der Waals surface area contributed by atoms with E-state index in [1.54, 1.807) is 6.08 Å². The van der Waals surface area contributed by atoms with Gasteiger partial charge in [-0.2, -0.15) is 0 Å². The van der Waals surface area contributed by atoms with E-state index in [9.17, 15) is 10.2 Å². The van der Waals surface area contributed by atoms with Gasteiger partial charge in [0.1, 0.15) is 11.4 Å². The average Bonchev–Trinajstić information content (AvgIpc) is 2.44. The molecule has 2 aliphatic rings. The van der Waals surface area contributed by atoms with E-state index in [1.165, 1.54) is 5.57 Å². The minimum Gasteiger partial charge on any atom is -0.512 e. The fourth-order valence-corrected chi connectivity index (χ4v) is 3.57. The molecular formula is C20H28O2. The third-order valence-corrected chi connectivity index (χ3v) is 4.76. The van der Waals surface area contributed by atoms with Gasteiger partial charge in [-0.05, 0) is 68.7 Å². The van der Waals surface area contributed by atoms with Crippen LogP contribution in [0.4, 0.5) is 0 Å². The summed E-state index contributed by atoms with van der Waals surface area (Å²) in [5, 5.41) is 21.9. The molecule has 120 valence electrons. The first-order valence-electron chi connectivity index (χ1n) is 8.24. The van der Waals surface area contributed by atoms with Crippen LogP contribution >= 0.6 is 0 Å². The molecule has 0 heterocycles. The van der Waals surface area contributed by atoms with E-state index in [1.807, 2.05) is 25.2 Å². The third-order valence-electron chi connectivity index (χ3n) is 4.76. The van der Waals surface area contributed by atoms with Gasteiger partial charge in [-0.3, -0.25) is 0 Å². The minimum atomic E-state index is -1.19. The Bertz CT molecular complexity index is 562. The van der Waals surface area contributed by atoms with E-state index in [2.05, 4.69) is 26.5 Å². The van der Waals surface area contributed by atoms with E-state index in [-0.39, 0.29) is 17.6 Å². The molecule has 0 spiro atoms. The van der Waals surface area contributed by atoms with Crippen LogP contribution < -0.4 is 0 Å². The summed E-state index contributed by atoms with van der Waals surface area (Å²) >= 11 is 0. The van der Waals surface area contributed by atoms with Gasteiger partial charge in [0.15, 0.2) is 0 Å². The summed E-state index contributed by atoms with van der Waals surface area (Å²) in [7, 11) is 0. The van der Waals surface area contributed by atoms with Crippen LogP contribution in [0.5, 0.6) is 0 Å². The number of allylic oxidation sites excluding steroid dienone is 6. The highest BCUT2D eigenvalue weighted by Gasteiger charge is 2.44. The molecule has 3 atom stereocenters. The SMILES string of the molecule is C=C(C)C1(O)C=C(/C=C/CC)C=C(O)[C@H]1C1C=C(C)CCC1. The first-order chi connectivity index (χ1) is 10.4. The van der Waals surface area contributed by atoms with Crippen LogP contribution in [0.25, 0.3) is 0 Å². The van der Waals surface area contributed by atoms with Crippen LogP contribution in [0.1, 0.15) is 46.5 Å². The second-order valence-corrected chi connectivity index (χ2v) is 6.68. The molecule has 22 heavy (non-hydrogen) atoms. The predicted molar refractivity (Wildman–Crippen MR) is 92.6 cm³/mol. The second-order valence-electron chi connectivity index (χ2n) is 6.68. The number of hydrogen-bond acceptors (Lipinski definition) is 2. The van der Waals surface area contributed by atoms with Crippen LogP contribution in [0, 0.1) is 11.8 Å². The van der Waals surface area contributed by atoms with Crippen molar-refractivity contribution in [2.45, 2.75) is 52.1 Å². The van der Waals surface area contributed by atoms with Crippen LogP contribution in [-0.2, 0) is 0 Å². The highest BCUT2D eigenvalue weighted by molar-refractivity contribution is 5.45. The number of aliphatic hydroxyl groups is 2. The molecule has 0 fully saturated rings. The van der Waals surface area contributed by atoms with Crippen molar-refractivity contribution in [3.05, 3.63) is 59.4 Å². The van der Waals surface area contributed by atoms with Crippen molar-refractivity contribution >= 4 is 0 Å². The van der Waals surface area contributed by atoms with Crippen molar-refractivity contribution in [2.75, 3.05) is 0 Å². The molecule has 2 aliphatic carbocycles. The maximum atomic E-state index is 11.2. The molecule has 0 amide bonds. The molecule has 2 rings (SSSR count). The van der Waals surface area contributed by atoms with Gasteiger partial charge in [0, 0.05) is 0 Å². The Morgan fingerprint density at radius 3 is 2.82 bits per heavy atom. The first kappa shape index (κ1) is 16.8. The molecule has 0 aromatic rings. The van der Waals surface area contributed by atoms with E-state index in [0.717, 1.165) is 31.3 Å². The highest BCUT2D eigenvalue weighted by atomic mass is 16.3. The Hall–Kier alpha value is -1.54. The topological polar surface area (TPSA) is 40.5 Å². The van der Waals surface area contributed by atoms with Crippen molar-refractivity contribution in [3.8, 4) is 0 Å². The number of hydrogen-bond donors (Lipinski definition) is 2. The lowest BCUT2D eigenvalue weighted by atomic mass is 9.67. The van der Waals surface area contributed by atoms with E-state index in [0.29, 0.717) is 5.57 Å². The average molecular weight is 300 g/mol. The normalized spacial score (nSPS) is 32.5. The zero-order chi connectivity index (χ0) is 16.3. The number of aliphatic hydroxyl groups excluding tert-OH is 1. The lowest BCUT2D eigenvalue weighted by Gasteiger charge is -2.41. The predicted octanol–water partition coefficient (Wildman–Crippen LogP) is 5.00. The smallest absolute Gasteiger partial charge is 0.114 e. The van der Waals surface area contributed by atoms with Crippen molar-refractivity contribution < 1.29 is 10.2 Å². The Morgan fingerprint density at radius 1 is 1.50 bits per heavy atom. The van der Waals surface area contributed by atoms with Gasteiger partial charge in [0.2, 0.25) is 0 Å². The largest absolute Gasteiger partial charge is 0.512 e. The summed E-state index contributed by atoms with van der Waals surface area (Å²) in [5.41, 5.74) is 1.67. The molecule has 0 aliphatic heterocycles. The zero-order valence-corrected chi connectivity index (χ0v) is 14.0. The van der Waals surface area contributed by atoms with Crippen LogP contribution in [0.2, 0.25) is 0 Å². The van der Waals surface area contributed by atoms with E-state index in [4.69, 9.17) is 0 Å². The molecule has 2 heteroatoms. The lowest BCUT2D eigenvalue weighted by molar-refractivity contribution is 0.0333. The molecular weight excluding hydrogens is 272 g/mol. The van der Waals surface area contributed by atoms with Gasteiger partial charge in [-0.15, -0.1) is 0 Å². The standard InChI is InChI=1S/C20H28O2/c1-5-6-9-16-12-18(21)19(20(22,13-16)14(2)3)17-10-7-8-15(4)11-17/h6,9,11-13,17,19,21-22H,2,5,7-8,10H2,1,3-4H3/b9-6+/t17?,19-,20?/m1/s1. The van der Waals surface area contributed by atoms with Gasteiger partial charge in [0.05, 0.1) is 5.92 Å². The van der Waals surface area contributed by atoms with Gasteiger partial charge < -0.3 is 10.2 Å². The van der Waals surface area contributed by atoms with Crippen LogP contribution in [-0.4, -0.2) is 15.8 Å². The third kappa shape index (κ3) is 3.27. The fraction of sp³-hybridized carbons (Fsp3) is 0.500. The van der Waals surface area contributed by atoms with E-state index >= 15 is 0 Å². The summed E-state index contributed by atoms with van der Waals surface area (Å²) in [5.74, 6) is 0.0818. The second kappa shape index (κ2) is 6.70. The molecule has 2 nitrogen and oxygen atoms in total. The maximum Gasteiger partial charge on any atom is 0.114 e. The maximum absolute atomic E-state index is 11.2. The highest BCUT2D eigenvalue weighted by Crippen LogP contribution is 2.44. The van der Waals surface area contributed by atoms with Crippen molar-refractivity contribution in [1.82, 2.24) is 0 Å². The summed E-state index contributed by atoms with van der Waals surface area (Å²) in [4.78, 5) is 0. The Morgan fingerprint density at radius 2 is 2.23 bits per heavy atom. The van der Waals surface area contributed by atoms with Crippen LogP contribution in [0.15, 0.2) is 59.4 Å².